The number of nitrogens with zero attached hydrogens (tertiary/aromatic N) is 1. The fraction of sp³-hybridized carbons (Fsp3) is 0.364. The molecular formula is C11H15N3O6S. The fourth-order valence-corrected chi connectivity index (χ4v) is 2.61. The highest BCUT2D eigenvalue weighted by Gasteiger charge is 2.21. The smallest absolute Gasteiger partial charge is 0.338 e. The van der Waals surface area contributed by atoms with Gasteiger partial charge in [0.1, 0.15) is 5.69 Å². The first-order chi connectivity index (χ1) is 9.78. The monoisotopic (exact) mass is 317 g/mol. The number of carboxylic acids is 1. The Morgan fingerprint density at radius 2 is 2.10 bits per heavy atom. The molecule has 1 aromatic rings. The molecule has 0 radical (unpaired) electrons. The van der Waals surface area contributed by atoms with Crippen LogP contribution >= 0.6 is 0 Å². The molecule has 0 aromatic heterocycles. The molecule has 0 saturated carbocycles. The maximum atomic E-state index is 11.5. The Balaban J connectivity index is 2.96. The summed E-state index contributed by atoms with van der Waals surface area (Å²) in [5, 5.41) is 22.4. The van der Waals surface area contributed by atoms with Crippen molar-refractivity contribution < 1.29 is 23.2 Å². The van der Waals surface area contributed by atoms with Gasteiger partial charge in [0, 0.05) is 19.2 Å². The summed E-state index contributed by atoms with van der Waals surface area (Å²) in [6.07, 6.45) is 0. The quantitative estimate of drug-likeness (QED) is 0.472. The molecule has 0 aliphatic rings. The third-order valence-corrected chi connectivity index (χ3v) is 3.98. The van der Waals surface area contributed by atoms with Crippen LogP contribution in [0.2, 0.25) is 0 Å². The van der Waals surface area contributed by atoms with Crippen molar-refractivity contribution in [2.45, 2.75) is 6.92 Å². The molecular weight excluding hydrogens is 302 g/mol. The molecule has 0 aliphatic heterocycles. The summed E-state index contributed by atoms with van der Waals surface area (Å²) in [5.74, 6) is -1.66. The van der Waals surface area contributed by atoms with E-state index in [-0.39, 0.29) is 30.1 Å². The Hall–Kier alpha value is -2.20. The molecule has 1 aromatic carbocycles. The summed E-state index contributed by atoms with van der Waals surface area (Å²) in [6, 6.07) is 3.60. The van der Waals surface area contributed by atoms with E-state index in [1.807, 2.05) is 0 Å². The first kappa shape index (κ1) is 16.9. The molecule has 10 heteroatoms. The van der Waals surface area contributed by atoms with E-state index in [2.05, 4.69) is 10.0 Å². The van der Waals surface area contributed by atoms with Crippen LogP contribution in [0.5, 0.6) is 0 Å². The molecule has 0 heterocycles. The van der Waals surface area contributed by atoms with Gasteiger partial charge in [0.15, 0.2) is 0 Å². The lowest BCUT2D eigenvalue weighted by Crippen LogP contribution is -2.29. The number of benzene rings is 1. The number of carboxylic acid groups (broad SMARTS) is 1. The third-order valence-electron chi connectivity index (χ3n) is 2.51. The first-order valence-corrected chi connectivity index (χ1v) is 7.65. The van der Waals surface area contributed by atoms with E-state index in [0.29, 0.717) is 0 Å². The van der Waals surface area contributed by atoms with Gasteiger partial charge in [-0.15, -0.1) is 0 Å². The second kappa shape index (κ2) is 6.99. The van der Waals surface area contributed by atoms with Gasteiger partial charge >= 0.3 is 5.97 Å². The van der Waals surface area contributed by atoms with E-state index in [0.717, 1.165) is 6.07 Å². The highest BCUT2D eigenvalue weighted by Crippen LogP contribution is 2.28. The Morgan fingerprint density at radius 1 is 1.43 bits per heavy atom. The standard InChI is InChI=1S/C11H15N3O6S/c1-2-13-21(19,20)7-6-12-10-8(11(15)16)4-3-5-9(10)14(17)18/h3-5,12-13H,2,6-7H2,1H3,(H,15,16). The SMILES string of the molecule is CCNS(=O)(=O)CCNc1c(C(=O)O)cccc1[N+](=O)[O-]. The van der Waals surface area contributed by atoms with Crippen molar-refractivity contribution in [3.05, 3.63) is 33.9 Å². The number of sulfonamides is 1. The van der Waals surface area contributed by atoms with Crippen molar-refractivity contribution in [2.24, 2.45) is 0 Å². The van der Waals surface area contributed by atoms with Gasteiger partial charge in [-0.05, 0) is 6.07 Å². The minimum absolute atomic E-state index is 0.152. The van der Waals surface area contributed by atoms with Crippen LogP contribution in [0.25, 0.3) is 0 Å². The van der Waals surface area contributed by atoms with Gasteiger partial charge in [-0.1, -0.05) is 13.0 Å². The highest BCUT2D eigenvalue weighted by atomic mass is 32.2. The van der Waals surface area contributed by atoms with Crippen LogP contribution in [0.1, 0.15) is 17.3 Å². The molecule has 1 rings (SSSR count). The minimum atomic E-state index is -3.50. The number of para-hydroxylation sites is 1. The molecule has 0 unspecified atom stereocenters. The van der Waals surface area contributed by atoms with E-state index in [1.54, 1.807) is 6.92 Å². The number of nitro benzene ring substituents is 1. The van der Waals surface area contributed by atoms with Crippen molar-refractivity contribution in [1.29, 1.82) is 0 Å². The molecule has 3 N–H and O–H groups in total. The zero-order valence-corrected chi connectivity index (χ0v) is 12.0. The number of hydrogen-bond donors (Lipinski definition) is 3. The summed E-state index contributed by atoms with van der Waals surface area (Å²) < 4.78 is 25.2. The minimum Gasteiger partial charge on any atom is -0.478 e. The highest BCUT2D eigenvalue weighted by molar-refractivity contribution is 7.89. The molecule has 0 atom stereocenters. The third kappa shape index (κ3) is 4.68. The number of nitrogens with one attached hydrogen (secondary N) is 2. The number of anilines is 1. The van der Waals surface area contributed by atoms with E-state index in [1.165, 1.54) is 12.1 Å². The van der Waals surface area contributed by atoms with Crippen molar-refractivity contribution in [3.63, 3.8) is 0 Å². The Bertz CT molecular complexity index is 611. The number of nitro groups is 1. The normalized spacial score (nSPS) is 11.1. The number of aromatic carboxylic acids is 1. The van der Waals surface area contributed by atoms with Crippen LogP contribution < -0.4 is 10.0 Å². The second-order valence-electron chi connectivity index (χ2n) is 4.01. The predicted octanol–water partition coefficient (Wildman–Crippen LogP) is 0.644. The van der Waals surface area contributed by atoms with E-state index < -0.39 is 26.6 Å². The lowest BCUT2D eigenvalue weighted by Gasteiger charge is -2.10. The summed E-state index contributed by atoms with van der Waals surface area (Å²) in [5.41, 5.74) is -0.914. The molecule has 9 nitrogen and oxygen atoms in total. The van der Waals surface area contributed by atoms with Crippen molar-refractivity contribution in [1.82, 2.24) is 4.72 Å². The van der Waals surface area contributed by atoms with Gasteiger partial charge in [-0.3, -0.25) is 10.1 Å². The molecule has 21 heavy (non-hydrogen) atoms. The van der Waals surface area contributed by atoms with Crippen LogP contribution in [0.15, 0.2) is 18.2 Å². The van der Waals surface area contributed by atoms with Gasteiger partial charge in [-0.2, -0.15) is 0 Å². The van der Waals surface area contributed by atoms with Crippen LogP contribution in [-0.4, -0.2) is 43.3 Å². The maximum Gasteiger partial charge on any atom is 0.338 e. The van der Waals surface area contributed by atoms with E-state index in [4.69, 9.17) is 5.11 Å². The van der Waals surface area contributed by atoms with E-state index in [9.17, 15) is 23.3 Å². The topological polar surface area (TPSA) is 139 Å². The lowest BCUT2D eigenvalue weighted by atomic mass is 10.1. The van der Waals surface area contributed by atoms with E-state index >= 15 is 0 Å². The van der Waals surface area contributed by atoms with Gasteiger partial charge in [-0.25, -0.2) is 17.9 Å². The summed E-state index contributed by atoms with van der Waals surface area (Å²) in [6.45, 7) is 1.70. The number of carbonyl (C=O) groups is 1. The van der Waals surface area contributed by atoms with Gasteiger partial charge < -0.3 is 10.4 Å². The summed E-state index contributed by atoms with van der Waals surface area (Å²) in [4.78, 5) is 21.2. The molecule has 0 amide bonds. The van der Waals surface area contributed by atoms with Crippen LogP contribution in [0.3, 0.4) is 0 Å². The average molecular weight is 317 g/mol. The van der Waals surface area contributed by atoms with Crippen LogP contribution in [0.4, 0.5) is 11.4 Å². The first-order valence-electron chi connectivity index (χ1n) is 6.00. The zero-order valence-electron chi connectivity index (χ0n) is 11.2. The van der Waals surface area contributed by atoms with Gasteiger partial charge in [0.05, 0.1) is 16.2 Å². The lowest BCUT2D eigenvalue weighted by molar-refractivity contribution is -0.384. The number of hydrogen-bond acceptors (Lipinski definition) is 6. The molecule has 0 spiro atoms. The molecule has 0 bridgehead atoms. The fourth-order valence-electron chi connectivity index (χ4n) is 1.66. The summed E-state index contributed by atoms with van der Waals surface area (Å²) in [7, 11) is -3.50. The van der Waals surface area contributed by atoms with Crippen LogP contribution in [-0.2, 0) is 10.0 Å². The Labute approximate surface area is 121 Å². The molecule has 116 valence electrons. The van der Waals surface area contributed by atoms with Crippen molar-refractivity contribution in [2.75, 3.05) is 24.2 Å². The molecule has 0 fully saturated rings. The Morgan fingerprint density at radius 3 is 2.62 bits per heavy atom. The zero-order chi connectivity index (χ0) is 16.0. The molecule has 0 aliphatic carbocycles. The Kier molecular flexibility index (Phi) is 5.61. The largest absolute Gasteiger partial charge is 0.478 e. The van der Waals surface area contributed by atoms with Crippen molar-refractivity contribution in [3.8, 4) is 0 Å². The molecule has 0 saturated heterocycles. The average Bonchev–Trinajstić information content (AvgIpc) is 2.37. The maximum absolute atomic E-state index is 11.5. The van der Waals surface area contributed by atoms with Gasteiger partial charge in [0.2, 0.25) is 10.0 Å². The summed E-state index contributed by atoms with van der Waals surface area (Å²) >= 11 is 0. The van der Waals surface area contributed by atoms with Crippen molar-refractivity contribution >= 4 is 27.4 Å². The van der Waals surface area contributed by atoms with Crippen LogP contribution in [0, 0.1) is 10.1 Å². The second-order valence-corrected chi connectivity index (χ2v) is 5.93. The number of rotatable bonds is 8. The predicted molar refractivity (Wildman–Crippen MR) is 76.0 cm³/mol. The van der Waals surface area contributed by atoms with Gasteiger partial charge in [0.25, 0.3) is 5.69 Å².